The van der Waals surface area contributed by atoms with E-state index in [2.05, 4.69) is 0 Å². The standard InChI is InChI=1S/C10H11FO2/c1-6-3-4-8(5-7(6)2)9(11)10(12)13/h3-5,9H,1-2H3,(H,12,13). The van der Waals surface area contributed by atoms with Crippen molar-refractivity contribution in [1.29, 1.82) is 0 Å². The molecular weight excluding hydrogens is 171 g/mol. The molecule has 0 saturated heterocycles. The molecule has 70 valence electrons. The van der Waals surface area contributed by atoms with Gasteiger partial charge in [0.2, 0.25) is 6.17 Å². The third-order valence-electron chi connectivity index (χ3n) is 2.04. The van der Waals surface area contributed by atoms with Crippen LogP contribution in [-0.2, 0) is 4.79 Å². The Balaban J connectivity index is 3.03. The number of aryl methyl sites for hydroxylation is 2. The zero-order valence-electron chi connectivity index (χ0n) is 7.54. The van der Waals surface area contributed by atoms with Crippen LogP contribution in [0.1, 0.15) is 22.9 Å². The van der Waals surface area contributed by atoms with Crippen molar-refractivity contribution in [3.05, 3.63) is 34.9 Å². The van der Waals surface area contributed by atoms with Crippen molar-refractivity contribution < 1.29 is 14.3 Å². The maximum absolute atomic E-state index is 13.0. The van der Waals surface area contributed by atoms with Crippen molar-refractivity contribution in [3.8, 4) is 0 Å². The van der Waals surface area contributed by atoms with E-state index >= 15 is 0 Å². The molecule has 13 heavy (non-hydrogen) atoms. The fourth-order valence-electron chi connectivity index (χ4n) is 1.06. The van der Waals surface area contributed by atoms with Crippen molar-refractivity contribution in [2.45, 2.75) is 20.0 Å². The molecule has 0 bridgehead atoms. The van der Waals surface area contributed by atoms with Gasteiger partial charge in [-0.15, -0.1) is 0 Å². The average Bonchev–Trinajstić information content (AvgIpc) is 2.08. The Morgan fingerprint density at radius 3 is 2.46 bits per heavy atom. The zero-order chi connectivity index (χ0) is 10.0. The monoisotopic (exact) mass is 182 g/mol. The van der Waals surface area contributed by atoms with Gasteiger partial charge < -0.3 is 5.11 Å². The first-order valence-corrected chi connectivity index (χ1v) is 3.96. The van der Waals surface area contributed by atoms with Crippen molar-refractivity contribution in [2.75, 3.05) is 0 Å². The molecule has 1 N–H and O–H groups in total. The second-order valence-corrected chi connectivity index (χ2v) is 3.04. The predicted octanol–water partition coefficient (Wildman–Crippen LogP) is 2.40. The summed E-state index contributed by atoms with van der Waals surface area (Å²) in [5.74, 6) is -1.44. The van der Waals surface area contributed by atoms with Gasteiger partial charge in [-0.3, -0.25) is 0 Å². The minimum absolute atomic E-state index is 0.204. The summed E-state index contributed by atoms with van der Waals surface area (Å²) in [5, 5.41) is 8.42. The van der Waals surface area contributed by atoms with Gasteiger partial charge in [-0.25, -0.2) is 9.18 Å². The molecule has 1 unspecified atom stereocenters. The fraction of sp³-hybridized carbons (Fsp3) is 0.300. The third-order valence-corrected chi connectivity index (χ3v) is 2.04. The Labute approximate surface area is 76.0 Å². The summed E-state index contributed by atoms with van der Waals surface area (Å²) < 4.78 is 13.0. The van der Waals surface area contributed by atoms with Gasteiger partial charge in [0.25, 0.3) is 0 Å². The highest BCUT2D eigenvalue weighted by atomic mass is 19.1. The summed E-state index contributed by atoms with van der Waals surface area (Å²) in [5.41, 5.74) is 2.14. The van der Waals surface area contributed by atoms with E-state index in [9.17, 15) is 9.18 Å². The van der Waals surface area contributed by atoms with E-state index in [1.165, 1.54) is 6.07 Å². The highest BCUT2D eigenvalue weighted by Gasteiger charge is 2.18. The first-order valence-electron chi connectivity index (χ1n) is 3.96. The highest BCUT2D eigenvalue weighted by Crippen LogP contribution is 2.20. The largest absolute Gasteiger partial charge is 0.479 e. The second-order valence-electron chi connectivity index (χ2n) is 3.04. The molecule has 1 aromatic carbocycles. The van der Waals surface area contributed by atoms with Crippen LogP contribution in [0.5, 0.6) is 0 Å². The average molecular weight is 182 g/mol. The van der Waals surface area contributed by atoms with Crippen molar-refractivity contribution in [3.63, 3.8) is 0 Å². The van der Waals surface area contributed by atoms with Crippen LogP contribution in [0, 0.1) is 13.8 Å². The molecule has 0 aliphatic heterocycles. The Hall–Kier alpha value is -1.38. The van der Waals surface area contributed by atoms with Crippen molar-refractivity contribution in [2.24, 2.45) is 0 Å². The molecule has 2 nitrogen and oxygen atoms in total. The van der Waals surface area contributed by atoms with E-state index in [1.54, 1.807) is 12.1 Å². The number of carboxylic acid groups (broad SMARTS) is 1. The first kappa shape index (κ1) is 9.71. The number of carbonyl (C=O) groups is 1. The molecule has 0 spiro atoms. The van der Waals surface area contributed by atoms with Crippen LogP contribution in [0.4, 0.5) is 4.39 Å². The number of rotatable bonds is 2. The van der Waals surface area contributed by atoms with Gasteiger partial charge in [-0.05, 0) is 30.5 Å². The fourth-order valence-corrected chi connectivity index (χ4v) is 1.06. The number of carboxylic acids is 1. The first-order chi connectivity index (χ1) is 6.02. The lowest BCUT2D eigenvalue weighted by Crippen LogP contribution is -2.06. The minimum Gasteiger partial charge on any atom is -0.479 e. The van der Waals surface area contributed by atoms with E-state index in [0.29, 0.717) is 0 Å². The van der Waals surface area contributed by atoms with E-state index < -0.39 is 12.1 Å². The lowest BCUT2D eigenvalue weighted by molar-refractivity contribution is -0.143. The number of alkyl halides is 1. The van der Waals surface area contributed by atoms with Gasteiger partial charge in [-0.2, -0.15) is 0 Å². The molecule has 0 aliphatic carbocycles. The number of halogens is 1. The quantitative estimate of drug-likeness (QED) is 0.762. The van der Waals surface area contributed by atoms with Crippen LogP contribution in [0.25, 0.3) is 0 Å². The van der Waals surface area contributed by atoms with Gasteiger partial charge in [0.15, 0.2) is 0 Å². The van der Waals surface area contributed by atoms with E-state index in [1.807, 2.05) is 13.8 Å². The highest BCUT2D eigenvalue weighted by molar-refractivity contribution is 5.74. The summed E-state index contributed by atoms with van der Waals surface area (Å²) in [6.07, 6.45) is -1.92. The van der Waals surface area contributed by atoms with Gasteiger partial charge in [-0.1, -0.05) is 18.2 Å². The lowest BCUT2D eigenvalue weighted by Gasteiger charge is -2.06. The van der Waals surface area contributed by atoms with Crippen LogP contribution >= 0.6 is 0 Å². The minimum atomic E-state index is -1.92. The smallest absolute Gasteiger partial charge is 0.343 e. The maximum Gasteiger partial charge on any atom is 0.343 e. The number of aliphatic carboxylic acids is 1. The Bertz CT molecular complexity index is 334. The summed E-state index contributed by atoms with van der Waals surface area (Å²) in [6.45, 7) is 3.72. The lowest BCUT2D eigenvalue weighted by atomic mass is 10.0. The molecule has 0 saturated carbocycles. The van der Waals surface area contributed by atoms with Gasteiger partial charge in [0.05, 0.1) is 0 Å². The zero-order valence-corrected chi connectivity index (χ0v) is 7.54. The summed E-state index contributed by atoms with van der Waals surface area (Å²) >= 11 is 0. The molecule has 0 aliphatic rings. The molecule has 0 heterocycles. The topological polar surface area (TPSA) is 37.3 Å². The van der Waals surface area contributed by atoms with Crippen molar-refractivity contribution in [1.82, 2.24) is 0 Å². The molecule has 0 radical (unpaired) electrons. The van der Waals surface area contributed by atoms with Crippen LogP contribution in [0.3, 0.4) is 0 Å². The second kappa shape index (κ2) is 3.56. The maximum atomic E-state index is 13.0. The SMILES string of the molecule is Cc1ccc(C(F)C(=O)O)cc1C. The van der Waals surface area contributed by atoms with E-state index in [4.69, 9.17) is 5.11 Å². The van der Waals surface area contributed by atoms with Crippen LogP contribution < -0.4 is 0 Å². The van der Waals surface area contributed by atoms with Crippen LogP contribution in [-0.4, -0.2) is 11.1 Å². The Morgan fingerprint density at radius 1 is 1.38 bits per heavy atom. The molecule has 0 amide bonds. The Kier molecular flexibility index (Phi) is 2.66. The molecule has 0 aromatic heterocycles. The van der Waals surface area contributed by atoms with Crippen molar-refractivity contribution >= 4 is 5.97 Å². The number of benzene rings is 1. The predicted molar refractivity (Wildman–Crippen MR) is 47.4 cm³/mol. The normalized spacial score (nSPS) is 12.5. The van der Waals surface area contributed by atoms with Gasteiger partial charge >= 0.3 is 5.97 Å². The molecule has 1 aromatic rings. The van der Waals surface area contributed by atoms with E-state index in [0.717, 1.165) is 11.1 Å². The molecule has 1 atom stereocenters. The molecule has 3 heteroatoms. The number of hydrogen-bond acceptors (Lipinski definition) is 1. The number of hydrogen-bond donors (Lipinski definition) is 1. The van der Waals surface area contributed by atoms with Crippen LogP contribution in [0.15, 0.2) is 18.2 Å². The third kappa shape index (κ3) is 2.05. The molecule has 1 rings (SSSR count). The van der Waals surface area contributed by atoms with Crippen LogP contribution in [0.2, 0.25) is 0 Å². The van der Waals surface area contributed by atoms with E-state index in [-0.39, 0.29) is 5.56 Å². The summed E-state index contributed by atoms with van der Waals surface area (Å²) in [6, 6.07) is 4.79. The van der Waals surface area contributed by atoms with Gasteiger partial charge in [0, 0.05) is 0 Å². The molecule has 0 fully saturated rings. The Morgan fingerprint density at radius 2 is 2.00 bits per heavy atom. The van der Waals surface area contributed by atoms with Gasteiger partial charge in [0.1, 0.15) is 0 Å². The summed E-state index contributed by atoms with van der Waals surface area (Å²) in [7, 11) is 0. The summed E-state index contributed by atoms with van der Waals surface area (Å²) in [4.78, 5) is 10.3. The molecular formula is C10H11FO2.